The van der Waals surface area contributed by atoms with Crippen LogP contribution in [0.5, 0.6) is 0 Å². The van der Waals surface area contributed by atoms with Crippen molar-refractivity contribution in [3.05, 3.63) is 0 Å². The number of hydrogen-bond acceptors (Lipinski definition) is 4. The number of rotatable bonds is 4. The molecule has 5 nitrogen and oxygen atoms in total. The number of carbonyl (C=O) groups is 3. The number of esters is 1. The molecule has 74 valence electrons. The van der Waals surface area contributed by atoms with E-state index in [2.05, 4.69) is 4.74 Å². The molecule has 0 aliphatic heterocycles. The SMILES string of the molecule is COC(=O)CC(C)(C)C(=O)C(=O)O. The van der Waals surface area contributed by atoms with Gasteiger partial charge in [-0.3, -0.25) is 9.59 Å². The minimum absolute atomic E-state index is 0.228. The maximum absolute atomic E-state index is 11.0. The van der Waals surface area contributed by atoms with Crippen molar-refractivity contribution < 1.29 is 24.2 Å². The maximum Gasteiger partial charge on any atom is 0.372 e. The minimum atomic E-state index is -1.53. The number of carboxylic acids is 1. The van der Waals surface area contributed by atoms with Crippen molar-refractivity contribution in [2.45, 2.75) is 20.3 Å². The molecule has 5 heteroatoms. The van der Waals surface area contributed by atoms with Gasteiger partial charge in [-0.1, -0.05) is 13.8 Å². The zero-order valence-electron chi connectivity index (χ0n) is 7.79. The van der Waals surface area contributed by atoms with Gasteiger partial charge in [-0.25, -0.2) is 4.79 Å². The second kappa shape index (κ2) is 4.02. The quantitative estimate of drug-likeness (QED) is 0.504. The highest BCUT2D eigenvalue weighted by molar-refractivity contribution is 6.35. The molecule has 0 spiro atoms. The van der Waals surface area contributed by atoms with Gasteiger partial charge in [-0.2, -0.15) is 0 Å². The molecule has 0 radical (unpaired) electrons. The van der Waals surface area contributed by atoms with E-state index < -0.39 is 23.1 Å². The Bertz CT molecular complexity index is 241. The third-order valence-electron chi connectivity index (χ3n) is 1.62. The Morgan fingerprint density at radius 3 is 2.08 bits per heavy atom. The van der Waals surface area contributed by atoms with E-state index in [1.54, 1.807) is 0 Å². The van der Waals surface area contributed by atoms with Gasteiger partial charge in [0.1, 0.15) is 0 Å². The highest BCUT2D eigenvalue weighted by Crippen LogP contribution is 2.22. The molecule has 1 N–H and O–H groups in total. The van der Waals surface area contributed by atoms with Gasteiger partial charge < -0.3 is 9.84 Å². The third-order valence-corrected chi connectivity index (χ3v) is 1.62. The van der Waals surface area contributed by atoms with Gasteiger partial charge in [-0.15, -0.1) is 0 Å². The molecule has 0 aromatic heterocycles. The van der Waals surface area contributed by atoms with Gasteiger partial charge in [0.05, 0.1) is 13.5 Å². The predicted molar refractivity (Wildman–Crippen MR) is 43.1 cm³/mol. The largest absolute Gasteiger partial charge is 0.475 e. The van der Waals surface area contributed by atoms with Crippen LogP contribution in [-0.4, -0.2) is 29.9 Å². The molecule has 0 rings (SSSR count). The van der Waals surface area contributed by atoms with Gasteiger partial charge in [0.25, 0.3) is 0 Å². The minimum Gasteiger partial charge on any atom is -0.475 e. The van der Waals surface area contributed by atoms with Gasteiger partial charge in [-0.05, 0) is 0 Å². The average Bonchev–Trinajstić information content (AvgIpc) is 2.01. The first kappa shape index (κ1) is 11.6. The highest BCUT2D eigenvalue weighted by Gasteiger charge is 2.35. The van der Waals surface area contributed by atoms with Crippen LogP contribution >= 0.6 is 0 Å². The van der Waals surface area contributed by atoms with Crippen LogP contribution in [0, 0.1) is 5.41 Å². The number of Topliss-reactive ketones (excluding diaryl/α,β-unsaturated/α-hetero) is 1. The third kappa shape index (κ3) is 3.23. The molecule has 0 aromatic rings. The van der Waals surface area contributed by atoms with Gasteiger partial charge in [0.15, 0.2) is 0 Å². The second-order valence-electron chi connectivity index (χ2n) is 3.27. The van der Waals surface area contributed by atoms with Crippen LogP contribution in [0.25, 0.3) is 0 Å². The molecule has 0 aliphatic rings. The van der Waals surface area contributed by atoms with E-state index in [4.69, 9.17) is 5.11 Å². The van der Waals surface area contributed by atoms with Crippen LogP contribution < -0.4 is 0 Å². The van der Waals surface area contributed by atoms with Crippen molar-refractivity contribution in [2.24, 2.45) is 5.41 Å². The first-order chi connectivity index (χ1) is 5.81. The number of carboxylic acid groups (broad SMARTS) is 1. The van der Waals surface area contributed by atoms with Crippen LogP contribution in [0.15, 0.2) is 0 Å². The summed E-state index contributed by atoms with van der Waals surface area (Å²) in [6.45, 7) is 2.78. The smallest absolute Gasteiger partial charge is 0.372 e. The molecule has 0 unspecified atom stereocenters. The zero-order chi connectivity index (χ0) is 10.6. The van der Waals surface area contributed by atoms with E-state index in [-0.39, 0.29) is 6.42 Å². The van der Waals surface area contributed by atoms with Crippen molar-refractivity contribution in [2.75, 3.05) is 7.11 Å². The fourth-order valence-corrected chi connectivity index (χ4v) is 0.803. The summed E-state index contributed by atoms with van der Waals surface area (Å²) in [5.74, 6) is -3.12. The summed E-state index contributed by atoms with van der Waals surface area (Å²) in [6, 6.07) is 0. The molecule has 0 bridgehead atoms. The van der Waals surface area contributed by atoms with Crippen LogP contribution in [0.3, 0.4) is 0 Å². The van der Waals surface area contributed by atoms with Crippen LogP contribution in [0.2, 0.25) is 0 Å². The molecule has 0 aromatic carbocycles. The summed E-state index contributed by atoms with van der Waals surface area (Å²) in [5.41, 5.74) is -1.21. The molecule has 0 atom stereocenters. The Hall–Kier alpha value is -1.39. The highest BCUT2D eigenvalue weighted by atomic mass is 16.5. The number of ether oxygens (including phenoxy) is 1. The standard InChI is InChI=1S/C8H12O5/c1-8(2,4-5(9)13-3)6(10)7(11)12/h4H2,1-3H3,(H,11,12). The Kier molecular flexibility index (Phi) is 3.59. The fraction of sp³-hybridized carbons (Fsp3) is 0.625. The molecular weight excluding hydrogens is 176 g/mol. The monoisotopic (exact) mass is 188 g/mol. The van der Waals surface area contributed by atoms with E-state index in [9.17, 15) is 14.4 Å². The normalized spacial score (nSPS) is 10.7. The molecular formula is C8H12O5. The topological polar surface area (TPSA) is 80.7 Å². The summed E-state index contributed by atoms with van der Waals surface area (Å²) >= 11 is 0. The zero-order valence-corrected chi connectivity index (χ0v) is 7.79. The summed E-state index contributed by atoms with van der Waals surface area (Å²) in [7, 11) is 1.18. The van der Waals surface area contributed by atoms with E-state index >= 15 is 0 Å². The van der Waals surface area contributed by atoms with E-state index in [1.165, 1.54) is 21.0 Å². The molecule has 0 aliphatic carbocycles. The summed E-state index contributed by atoms with van der Waals surface area (Å²) in [4.78, 5) is 32.1. The lowest BCUT2D eigenvalue weighted by molar-refractivity contribution is -0.156. The molecule has 0 heterocycles. The van der Waals surface area contributed by atoms with E-state index in [0.29, 0.717) is 0 Å². The Balaban J connectivity index is 4.48. The number of hydrogen-bond donors (Lipinski definition) is 1. The van der Waals surface area contributed by atoms with Gasteiger partial charge >= 0.3 is 11.9 Å². The second-order valence-corrected chi connectivity index (χ2v) is 3.27. The maximum atomic E-state index is 11.0. The Morgan fingerprint density at radius 2 is 1.77 bits per heavy atom. The summed E-state index contributed by atoms with van der Waals surface area (Å²) in [5, 5.41) is 8.40. The van der Waals surface area contributed by atoms with Crippen molar-refractivity contribution in [1.82, 2.24) is 0 Å². The lowest BCUT2D eigenvalue weighted by atomic mass is 9.84. The summed E-state index contributed by atoms with van der Waals surface area (Å²) in [6.07, 6.45) is -0.228. The molecule has 13 heavy (non-hydrogen) atoms. The van der Waals surface area contributed by atoms with E-state index in [1.807, 2.05) is 0 Å². The first-order valence-electron chi connectivity index (χ1n) is 3.66. The van der Waals surface area contributed by atoms with Crippen molar-refractivity contribution in [3.63, 3.8) is 0 Å². The van der Waals surface area contributed by atoms with Gasteiger partial charge in [0.2, 0.25) is 5.78 Å². The number of aliphatic carboxylic acids is 1. The summed E-state index contributed by atoms with van der Waals surface area (Å²) < 4.78 is 4.33. The molecule has 0 amide bonds. The van der Waals surface area contributed by atoms with Crippen molar-refractivity contribution in [1.29, 1.82) is 0 Å². The number of carbonyl (C=O) groups excluding carboxylic acids is 2. The molecule has 0 saturated heterocycles. The Labute approximate surface area is 75.7 Å². The lowest BCUT2D eigenvalue weighted by Crippen LogP contribution is -2.33. The van der Waals surface area contributed by atoms with Crippen molar-refractivity contribution in [3.8, 4) is 0 Å². The molecule has 0 fully saturated rings. The van der Waals surface area contributed by atoms with E-state index in [0.717, 1.165) is 0 Å². The van der Waals surface area contributed by atoms with Crippen molar-refractivity contribution >= 4 is 17.7 Å². The average molecular weight is 188 g/mol. The van der Waals surface area contributed by atoms with Crippen LogP contribution in [0.4, 0.5) is 0 Å². The lowest BCUT2D eigenvalue weighted by Gasteiger charge is -2.18. The first-order valence-corrected chi connectivity index (χ1v) is 3.66. The van der Waals surface area contributed by atoms with Gasteiger partial charge in [0, 0.05) is 5.41 Å². The number of methoxy groups -OCH3 is 1. The molecule has 0 saturated carbocycles. The van der Waals surface area contributed by atoms with Crippen LogP contribution in [0.1, 0.15) is 20.3 Å². The number of ketones is 1. The fourth-order valence-electron chi connectivity index (χ4n) is 0.803. The Morgan fingerprint density at radius 1 is 1.31 bits per heavy atom. The predicted octanol–water partition coefficient (Wildman–Crippen LogP) is 0.229. The van der Waals surface area contributed by atoms with Crippen LogP contribution in [-0.2, 0) is 19.1 Å².